The molecule has 2 aromatic rings. The van der Waals surface area contributed by atoms with Gasteiger partial charge in [-0.15, -0.1) is 0 Å². The summed E-state index contributed by atoms with van der Waals surface area (Å²) >= 11 is 2.28. The van der Waals surface area contributed by atoms with E-state index < -0.39 is 0 Å². The fraction of sp³-hybridized carbons (Fsp3) is 0.0909. The molecule has 0 aliphatic rings. The minimum absolute atomic E-state index is 0.123. The summed E-state index contributed by atoms with van der Waals surface area (Å²) < 4.78 is 1.15. The fourth-order valence-electron chi connectivity index (χ4n) is 1.50. The van der Waals surface area contributed by atoms with E-state index in [2.05, 4.69) is 38.0 Å². The first-order valence-electron chi connectivity index (χ1n) is 4.79. The van der Waals surface area contributed by atoms with Crippen molar-refractivity contribution in [1.82, 2.24) is 15.4 Å². The molecule has 1 unspecified atom stereocenters. The largest absolute Gasteiger partial charge is 0.271 e. The minimum Gasteiger partial charge on any atom is -0.271 e. The lowest BCUT2D eigenvalue weighted by atomic mass is 10.1. The molecule has 16 heavy (non-hydrogen) atoms. The molecule has 0 aliphatic carbocycles. The first kappa shape index (κ1) is 11.4. The predicted molar refractivity (Wildman–Crippen MR) is 70.4 cm³/mol. The van der Waals surface area contributed by atoms with Gasteiger partial charge in [-0.3, -0.25) is 15.8 Å². The van der Waals surface area contributed by atoms with Gasteiger partial charge >= 0.3 is 0 Å². The lowest BCUT2D eigenvalue weighted by Gasteiger charge is -2.16. The van der Waals surface area contributed by atoms with Crippen LogP contribution in [0.1, 0.15) is 17.3 Å². The molecule has 3 N–H and O–H groups in total. The van der Waals surface area contributed by atoms with Crippen LogP contribution in [-0.2, 0) is 0 Å². The molecule has 1 aromatic heterocycles. The Morgan fingerprint density at radius 1 is 1.25 bits per heavy atom. The number of nitrogens with one attached hydrogen (secondary N) is 1. The standard InChI is InChI=1S/C11H11IN4/c12-9-4-2-1-3-8(9)11(16-13)10-7-14-5-6-15-10/h1-7,11,16H,13H2. The van der Waals surface area contributed by atoms with E-state index in [1.54, 1.807) is 18.6 Å². The first-order valence-corrected chi connectivity index (χ1v) is 5.87. The second-order valence-electron chi connectivity index (χ2n) is 3.25. The van der Waals surface area contributed by atoms with Crippen LogP contribution in [0.2, 0.25) is 0 Å². The second-order valence-corrected chi connectivity index (χ2v) is 4.41. The average molecular weight is 326 g/mol. The summed E-state index contributed by atoms with van der Waals surface area (Å²) in [5.41, 5.74) is 4.69. The van der Waals surface area contributed by atoms with Crippen LogP contribution < -0.4 is 11.3 Å². The normalized spacial score (nSPS) is 12.4. The zero-order valence-corrected chi connectivity index (χ0v) is 10.6. The molecule has 0 aliphatic heterocycles. The molecule has 1 heterocycles. The SMILES string of the molecule is NNC(c1cnccn1)c1ccccc1I. The molecule has 0 fully saturated rings. The average Bonchev–Trinajstić information content (AvgIpc) is 2.34. The van der Waals surface area contributed by atoms with Gasteiger partial charge in [0.15, 0.2) is 0 Å². The molecule has 0 amide bonds. The summed E-state index contributed by atoms with van der Waals surface area (Å²) in [6.07, 6.45) is 5.02. The molecule has 5 heteroatoms. The van der Waals surface area contributed by atoms with Gasteiger partial charge in [0.05, 0.1) is 17.9 Å². The van der Waals surface area contributed by atoms with Crippen molar-refractivity contribution in [3.63, 3.8) is 0 Å². The molecule has 0 bridgehead atoms. The Kier molecular flexibility index (Phi) is 3.81. The van der Waals surface area contributed by atoms with Crippen molar-refractivity contribution < 1.29 is 0 Å². The maximum atomic E-state index is 5.58. The Balaban J connectivity index is 2.41. The number of benzene rings is 1. The molecule has 1 aromatic carbocycles. The zero-order chi connectivity index (χ0) is 11.4. The number of hydrazine groups is 1. The molecular formula is C11H11IN4. The monoisotopic (exact) mass is 326 g/mol. The van der Waals surface area contributed by atoms with E-state index in [1.165, 1.54) is 0 Å². The van der Waals surface area contributed by atoms with Gasteiger partial charge in [0.2, 0.25) is 0 Å². The van der Waals surface area contributed by atoms with Crippen molar-refractivity contribution in [2.45, 2.75) is 6.04 Å². The maximum absolute atomic E-state index is 5.58. The lowest BCUT2D eigenvalue weighted by Crippen LogP contribution is -2.30. The van der Waals surface area contributed by atoms with Gasteiger partial charge in [0.25, 0.3) is 0 Å². The molecular weight excluding hydrogens is 315 g/mol. The molecule has 4 nitrogen and oxygen atoms in total. The van der Waals surface area contributed by atoms with E-state index in [1.807, 2.05) is 24.3 Å². The molecule has 82 valence electrons. The smallest absolute Gasteiger partial charge is 0.0907 e. The van der Waals surface area contributed by atoms with E-state index >= 15 is 0 Å². The highest BCUT2D eigenvalue weighted by molar-refractivity contribution is 14.1. The number of hydrogen-bond donors (Lipinski definition) is 2. The Labute approximate surface area is 107 Å². The van der Waals surface area contributed by atoms with Crippen LogP contribution in [0.3, 0.4) is 0 Å². The van der Waals surface area contributed by atoms with Gasteiger partial charge in [-0.2, -0.15) is 0 Å². The Morgan fingerprint density at radius 3 is 2.69 bits per heavy atom. The maximum Gasteiger partial charge on any atom is 0.0907 e. The summed E-state index contributed by atoms with van der Waals surface area (Å²) in [4.78, 5) is 8.31. The van der Waals surface area contributed by atoms with E-state index in [4.69, 9.17) is 5.84 Å². The summed E-state index contributed by atoms with van der Waals surface area (Å²) in [5.74, 6) is 5.58. The molecule has 0 saturated carbocycles. The minimum atomic E-state index is -0.123. The van der Waals surface area contributed by atoms with Gasteiger partial charge in [-0.25, -0.2) is 5.43 Å². The van der Waals surface area contributed by atoms with Crippen LogP contribution in [0.4, 0.5) is 0 Å². The highest BCUT2D eigenvalue weighted by Gasteiger charge is 2.15. The van der Waals surface area contributed by atoms with Crippen molar-refractivity contribution in [1.29, 1.82) is 0 Å². The van der Waals surface area contributed by atoms with Crippen molar-refractivity contribution in [2.24, 2.45) is 5.84 Å². The van der Waals surface area contributed by atoms with Crippen LogP contribution in [0, 0.1) is 3.57 Å². The zero-order valence-electron chi connectivity index (χ0n) is 8.47. The summed E-state index contributed by atoms with van der Waals surface area (Å²) in [5, 5.41) is 0. The highest BCUT2D eigenvalue weighted by atomic mass is 127. The lowest BCUT2D eigenvalue weighted by molar-refractivity contribution is 0.615. The summed E-state index contributed by atoms with van der Waals surface area (Å²) in [7, 11) is 0. The Bertz CT molecular complexity index is 461. The third-order valence-corrected chi connectivity index (χ3v) is 3.24. The second kappa shape index (κ2) is 5.33. The van der Waals surface area contributed by atoms with Crippen LogP contribution in [0.5, 0.6) is 0 Å². The number of rotatable bonds is 3. The number of nitrogens with zero attached hydrogens (tertiary/aromatic N) is 2. The van der Waals surface area contributed by atoms with Gasteiger partial charge in [-0.05, 0) is 34.2 Å². The Hall–Kier alpha value is -1.05. The van der Waals surface area contributed by atoms with Gasteiger partial charge < -0.3 is 0 Å². The van der Waals surface area contributed by atoms with Crippen molar-refractivity contribution >= 4 is 22.6 Å². The molecule has 0 radical (unpaired) electrons. The van der Waals surface area contributed by atoms with Crippen molar-refractivity contribution in [3.05, 3.63) is 57.7 Å². The van der Waals surface area contributed by atoms with Gasteiger partial charge in [0, 0.05) is 16.0 Å². The van der Waals surface area contributed by atoms with Gasteiger partial charge in [0.1, 0.15) is 0 Å². The van der Waals surface area contributed by atoms with Crippen molar-refractivity contribution in [2.75, 3.05) is 0 Å². The molecule has 1 atom stereocenters. The third-order valence-electron chi connectivity index (χ3n) is 2.26. The van der Waals surface area contributed by atoms with E-state index in [9.17, 15) is 0 Å². The predicted octanol–water partition coefficient (Wildman–Crippen LogP) is 1.63. The molecule has 0 spiro atoms. The number of aromatic nitrogens is 2. The van der Waals surface area contributed by atoms with Crippen LogP contribution in [0.15, 0.2) is 42.9 Å². The summed E-state index contributed by atoms with van der Waals surface area (Å²) in [6, 6.07) is 7.92. The van der Waals surface area contributed by atoms with E-state index in [0.717, 1.165) is 14.8 Å². The van der Waals surface area contributed by atoms with Crippen LogP contribution in [-0.4, -0.2) is 9.97 Å². The van der Waals surface area contributed by atoms with Crippen LogP contribution in [0.25, 0.3) is 0 Å². The van der Waals surface area contributed by atoms with E-state index in [-0.39, 0.29) is 6.04 Å². The number of halogens is 1. The highest BCUT2D eigenvalue weighted by Crippen LogP contribution is 2.23. The molecule has 0 saturated heterocycles. The Morgan fingerprint density at radius 2 is 2.06 bits per heavy atom. The van der Waals surface area contributed by atoms with Crippen LogP contribution >= 0.6 is 22.6 Å². The van der Waals surface area contributed by atoms with Crippen molar-refractivity contribution in [3.8, 4) is 0 Å². The first-order chi connectivity index (χ1) is 7.83. The fourth-order valence-corrected chi connectivity index (χ4v) is 2.20. The summed E-state index contributed by atoms with van der Waals surface area (Å²) in [6.45, 7) is 0. The quantitative estimate of drug-likeness (QED) is 0.511. The number of hydrogen-bond acceptors (Lipinski definition) is 4. The number of nitrogens with two attached hydrogens (primary N) is 1. The molecule has 2 rings (SSSR count). The topological polar surface area (TPSA) is 63.8 Å². The van der Waals surface area contributed by atoms with Gasteiger partial charge in [-0.1, -0.05) is 18.2 Å². The third kappa shape index (κ3) is 2.37. The van der Waals surface area contributed by atoms with E-state index in [0.29, 0.717) is 0 Å².